The van der Waals surface area contributed by atoms with Crippen molar-refractivity contribution in [3.8, 4) is 0 Å². The maximum Gasteiger partial charge on any atom is 0.251 e. The first-order valence-corrected chi connectivity index (χ1v) is 6.34. The van der Waals surface area contributed by atoms with E-state index in [1.807, 2.05) is 68.6 Å². The Bertz CT molecular complexity index is 552. The predicted octanol–water partition coefficient (Wildman–Crippen LogP) is 3.22. The van der Waals surface area contributed by atoms with E-state index in [0.717, 1.165) is 11.3 Å². The number of hydrogen-bond donors (Lipinski definition) is 2. The fraction of sp³-hybridized carbons (Fsp3) is 0.188. The van der Waals surface area contributed by atoms with Crippen LogP contribution >= 0.6 is 0 Å². The van der Waals surface area contributed by atoms with Gasteiger partial charge in [-0.15, -0.1) is 0 Å². The topological polar surface area (TPSA) is 41.1 Å². The Kier molecular flexibility index (Phi) is 4.18. The smallest absolute Gasteiger partial charge is 0.251 e. The molecule has 2 N–H and O–H groups in total. The van der Waals surface area contributed by atoms with Crippen molar-refractivity contribution >= 4 is 11.6 Å². The third-order valence-electron chi connectivity index (χ3n) is 3.06. The van der Waals surface area contributed by atoms with Gasteiger partial charge >= 0.3 is 0 Å². The molecule has 0 saturated heterocycles. The molecule has 1 atom stereocenters. The molecule has 0 radical (unpaired) electrons. The van der Waals surface area contributed by atoms with Crippen LogP contribution in [0.1, 0.15) is 28.9 Å². The lowest BCUT2D eigenvalue weighted by molar-refractivity contribution is 0.0940. The normalized spacial score (nSPS) is 11.7. The highest BCUT2D eigenvalue weighted by atomic mass is 16.1. The Labute approximate surface area is 113 Å². The van der Waals surface area contributed by atoms with Crippen LogP contribution in [0.5, 0.6) is 0 Å². The van der Waals surface area contributed by atoms with E-state index >= 15 is 0 Å². The molecule has 19 heavy (non-hydrogen) atoms. The van der Waals surface area contributed by atoms with E-state index in [9.17, 15) is 4.79 Å². The molecular formula is C16H18N2O. The van der Waals surface area contributed by atoms with Crippen molar-refractivity contribution in [1.82, 2.24) is 5.32 Å². The van der Waals surface area contributed by atoms with E-state index in [2.05, 4.69) is 10.6 Å². The molecular weight excluding hydrogens is 236 g/mol. The minimum atomic E-state index is -0.0616. The van der Waals surface area contributed by atoms with Gasteiger partial charge in [0, 0.05) is 18.3 Å². The molecule has 0 saturated carbocycles. The van der Waals surface area contributed by atoms with Crippen LogP contribution in [0.15, 0.2) is 54.6 Å². The van der Waals surface area contributed by atoms with Crippen LogP contribution in [0, 0.1) is 0 Å². The van der Waals surface area contributed by atoms with E-state index in [-0.39, 0.29) is 11.9 Å². The van der Waals surface area contributed by atoms with Crippen LogP contribution < -0.4 is 10.6 Å². The standard InChI is InChI=1S/C16H18N2O/c1-12(13-7-4-3-5-8-13)18-16(19)14-9-6-10-15(11-14)17-2/h3-12,17H,1-2H3,(H,18,19). The first-order chi connectivity index (χ1) is 9.20. The summed E-state index contributed by atoms with van der Waals surface area (Å²) >= 11 is 0. The molecule has 0 spiro atoms. The summed E-state index contributed by atoms with van der Waals surface area (Å²) in [5.74, 6) is -0.0616. The molecule has 0 fully saturated rings. The zero-order valence-electron chi connectivity index (χ0n) is 11.2. The van der Waals surface area contributed by atoms with Gasteiger partial charge in [-0.05, 0) is 30.7 Å². The number of benzene rings is 2. The summed E-state index contributed by atoms with van der Waals surface area (Å²) in [6, 6.07) is 17.4. The van der Waals surface area contributed by atoms with Crippen LogP contribution in [-0.4, -0.2) is 13.0 Å². The maximum atomic E-state index is 12.2. The predicted molar refractivity (Wildman–Crippen MR) is 78.3 cm³/mol. The molecule has 0 aliphatic heterocycles. The Morgan fingerprint density at radius 3 is 2.47 bits per heavy atom. The minimum absolute atomic E-state index is 0.00746. The first-order valence-electron chi connectivity index (χ1n) is 6.34. The summed E-state index contributed by atoms with van der Waals surface area (Å²) in [5.41, 5.74) is 2.69. The Morgan fingerprint density at radius 2 is 1.79 bits per heavy atom. The number of rotatable bonds is 4. The number of carbonyl (C=O) groups is 1. The quantitative estimate of drug-likeness (QED) is 0.879. The first kappa shape index (κ1) is 13.1. The van der Waals surface area contributed by atoms with Gasteiger partial charge in [-0.3, -0.25) is 4.79 Å². The van der Waals surface area contributed by atoms with Crippen molar-refractivity contribution in [2.75, 3.05) is 12.4 Å². The zero-order chi connectivity index (χ0) is 13.7. The minimum Gasteiger partial charge on any atom is -0.388 e. The Morgan fingerprint density at radius 1 is 1.05 bits per heavy atom. The van der Waals surface area contributed by atoms with Crippen molar-refractivity contribution in [2.45, 2.75) is 13.0 Å². The second-order valence-corrected chi connectivity index (χ2v) is 4.44. The fourth-order valence-corrected chi connectivity index (χ4v) is 1.92. The van der Waals surface area contributed by atoms with Gasteiger partial charge in [0.25, 0.3) is 5.91 Å². The lowest BCUT2D eigenvalue weighted by Gasteiger charge is -2.14. The molecule has 0 heterocycles. The summed E-state index contributed by atoms with van der Waals surface area (Å²) in [4.78, 5) is 12.2. The monoisotopic (exact) mass is 254 g/mol. The van der Waals surface area contributed by atoms with Crippen LogP contribution in [0.2, 0.25) is 0 Å². The second kappa shape index (κ2) is 6.05. The van der Waals surface area contributed by atoms with Gasteiger partial charge in [-0.1, -0.05) is 36.4 Å². The van der Waals surface area contributed by atoms with Crippen LogP contribution in [0.25, 0.3) is 0 Å². The van der Waals surface area contributed by atoms with Crippen LogP contribution in [0.3, 0.4) is 0 Å². The molecule has 0 bridgehead atoms. The summed E-state index contributed by atoms with van der Waals surface area (Å²) in [7, 11) is 1.84. The van der Waals surface area contributed by atoms with Gasteiger partial charge in [0.1, 0.15) is 0 Å². The van der Waals surface area contributed by atoms with Gasteiger partial charge in [0.2, 0.25) is 0 Å². The number of hydrogen-bond acceptors (Lipinski definition) is 2. The van der Waals surface area contributed by atoms with Crippen molar-refractivity contribution in [3.05, 3.63) is 65.7 Å². The van der Waals surface area contributed by atoms with Crippen LogP contribution in [-0.2, 0) is 0 Å². The molecule has 2 rings (SSSR count). The summed E-state index contributed by atoms with van der Waals surface area (Å²) in [6.45, 7) is 1.98. The molecule has 1 unspecified atom stereocenters. The van der Waals surface area contributed by atoms with E-state index in [0.29, 0.717) is 5.56 Å². The van der Waals surface area contributed by atoms with E-state index in [1.165, 1.54) is 0 Å². The highest BCUT2D eigenvalue weighted by molar-refractivity contribution is 5.95. The SMILES string of the molecule is CNc1cccc(C(=O)NC(C)c2ccccc2)c1. The molecule has 2 aromatic carbocycles. The van der Waals surface area contributed by atoms with Gasteiger partial charge in [-0.2, -0.15) is 0 Å². The molecule has 3 heteroatoms. The number of nitrogens with one attached hydrogen (secondary N) is 2. The lowest BCUT2D eigenvalue weighted by Crippen LogP contribution is -2.26. The number of anilines is 1. The summed E-state index contributed by atoms with van der Waals surface area (Å²) in [6.07, 6.45) is 0. The van der Waals surface area contributed by atoms with Gasteiger partial charge in [0.05, 0.1) is 6.04 Å². The zero-order valence-corrected chi connectivity index (χ0v) is 11.2. The molecule has 0 aliphatic rings. The van der Waals surface area contributed by atoms with E-state index < -0.39 is 0 Å². The van der Waals surface area contributed by atoms with Crippen molar-refractivity contribution in [3.63, 3.8) is 0 Å². The third kappa shape index (κ3) is 3.35. The average Bonchev–Trinajstić information content (AvgIpc) is 2.48. The molecule has 98 valence electrons. The van der Waals surface area contributed by atoms with Crippen molar-refractivity contribution in [2.24, 2.45) is 0 Å². The highest BCUT2D eigenvalue weighted by Gasteiger charge is 2.11. The van der Waals surface area contributed by atoms with Gasteiger partial charge in [-0.25, -0.2) is 0 Å². The maximum absolute atomic E-state index is 12.2. The number of carbonyl (C=O) groups excluding carboxylic acids is 1. The molecule has 3 nitrogen and oxygen atoms in total. The number of amides is 1. The molecule has 1 amide bonds. The average molecular weight is 254 g/mol. The van der Waals surface area contributed by atoms with Crippen molar-refractivity contribution < 1.29 is 4.79 Å². The van der Waals surface area contributed by atoms with Crippen LogP contribution in [0.4, 0.5) is 5.69 Å². The summed E-state index contributed by atoms with van der Waals surface area (Å²) < 4.78 is 0. The van der Waals surface area contributed by atoms with Crippen molar-refractivity contribution in [1.29, 1.82) is 0 Å². The summed E-state index contributed by atoms with van der Waals surface area (Å²) in [5, 5.41) is 6.02. The van der Waals surface area contributed by atoms with E-state index in [4.69, 9.17) is 0 Å². The molecule has 0 aromatic heterocycles. The molecule has 2 aromatic rings. The Hall–Kier alpha value is -2.29. The van der Waals surface area contributed by atoms with Gasteiger partial charge < -0.3 is 10.6 Å². The lowest BCUT2D eigenvalue weighted by atomic mass is 10.1. The second-order valence-electron chi connectivity index (χ2n) is 4.44. The van der Waals surface area contributed by atoms with Gasteiger partial charge in [0.15, 0.2) is 0 Å². The molecule has 0 aliphatic carbocycles. The highest BCUT2D eigenvalue weighted by Crippen LogP contribution is 2.14. The Balaban J connectivity index is 2.08. The largest absolute Gasteiger partial charge is 0.388 e. The third-order valence-corrected chi connectivity index (χ3v) is 3.06. The van der Waals surface area contributed by atoms with E-state index in [1.54, 1.807) is 0 Å². The fourth-order valence-electron chi connectivity index (χ4n) is 1.92.